The Bertz CT molecular complexity index is 281. The van der Waals surface area contributed by atoms with Crippen molar-refractivity contribution in [2.24, 2.45) is 11.8 Å². The quantitative estimate of drug-likeness (QED) is 0.732. The van der Waals surface area contributed by atoms with Crippen molar-refractivity contribution in [3.63, 3.8) is 0 Å². The van der Waals surface area contributed by atoms with E-state index in [4.69, 9.17) is 11.6 Å². The molecule has 1 aliphatic rings. The second-order valence-corrected chi connectivity index (χ2v) is 4.84. The van der Waals surface area contributed by atoms with E-state index < -0.39 is 0 Å². The third-order valence-corrected chi connectivity index (χ3v) is 3.08. The summed E-state index contributed by atoms with van der Waals surface area (Å²) in [6.45, 7) is 6.08. The van der Waals surface area contributed by atoms with Crippen LogP contribution >= 0.6 is 11.6 Å². The summed E-state index contributed by atoms with van der Waals surface area (Å²) >= 11 is 5.54. The van der Waals surface area contributed by atoms with Crippen LogP contribution in [-0.4, -0.2) is 24.3 Å². The van der Waals surface area contributed by atoms with Gasteiger partial charge in [-0.25, -0.2) is 0 Å². The van der Waals surface area contributed by atoms with Crippen molar-refractivity contribution in [2.75, 3.05) is 13.1 Å². The molecular formula is C13H20ClNO. The van der Waals surface area contributed by atoms with Crippen LogP contribution in [-0.2, 0) is 0 Å². The first kappa shape index (κ1) is 13.5. The van der Waals surface area contributed by atoms with Crippen LogP contribution < -0.4 is 5.32 Å². The average molecular weight is 242 g/mol. The van der Waals surface area contributed by atoms with Crippen molar-refractivity contribution in [1.82, 2.24) is 5.32 Å². The SMILES string of the molecule is CC1CNCC(C)C1O.Clc1ccccc1. The Kier molecular flexibility index (Phi) is 5.81. The summed E-state index contributed by atoms with van der Waals surface area (Å²) < 4.78 is 0. The zero-order valence-electron chi connectivity index (χ0n) is 9.86. The average Bonchev–Trinajstić information content (AvgIpc) is 2.28. The van der Waals surface area contributed by atoms with E-state index in [1.807, 2.05) is 30.3 Å². The molecule has 2 atom stereocenters. The number of nitrogens with one attached hydrogen (secondary N) is 1. The van der Waals surface area contributed by atoms with Crippen LogP contribution in [0.1, 0.15) is 13.8 Å². The number of aliphatic hydroxyl groups excluding tert-OH is 1. The molecule has 0 aromatic heterocycles. The van der Waals surface area contributed by atoms with Gasteiger partial charge in [0.1, 0.15) is 0 Å². The number of aliphatic hydroxyl groups is 1. The number of benzene rings is 1. The molecule has 16 heavy (non-hydrogen) atoms. The Morgan fingerprint density at radius 3 is 1.94 bits per heavy atom. The van der Waals surface area contributed by atoms with E-state index in [0.29, 0.717) is 11.8 Å². The van der Waals surface area contributed by atoms with Crippen LogP contribution in [0.5, 0.6) is 0 Å². The van der Waals surface area contributed by atoms with E-state index in [1.165, 1.54) is 0 Å². The Morgan fingerprint density at radius 1 is 1.12 bits per heavy atom. The summed E-state index contributed by atoms with van der Waals surface area (Å²) in [5, 5.41) is 13.5. The van der Waals surface area contributed by atoms with Crippen molar-refractivity contribution in [3.8, 4) is 0 Å². The molecule has 0 amide bonds. The highest BCUT2D eigenvalue weighted by Crippen LogP contribution is 2.15. The van der Waals surface area contributed by atoms with Gasteiger partial charge in [0.15, 0.2) is 0 Å². The molecule has 1 aromatic rings. The maximum atomic E-state index is 9.41. The molecule has 2 unspecified atom stereocenters. The van der Waals surface area contributed by atoms with Gasteiger partial charge in [0.05, 0.1) is 6.10 Å². The van der Waals surface area contributed by atoms with Crippen molar-refractivity contribution < 1.29 is 5.11 Å². The largest absolute Gasteiger partial charge is 0.392 e. The molecule has 1 aromatic carbocycles. The zero-order chi connectivity index (χ0) is 12.0. The lowest BCUT2D eigenvalue weighted by Gasteiger charge is -2.30. The Hall–Kier alpha value is -0.570. The zero-order valence-corrected chi connectivity index (χ0v) is 10.6. The second kappa shape index (κ2) is 6.89. The monoisotopic (exact) mass is 241 g/mol. The molecule has 90 valence electrons. The van der Waals surface area contributed by atoms with Gasteiger partial charge in [-0.1, -0.05) is 43.6 Å². The summed E-state index contributed by atoms with van der Waals surface area (Å²) in [5.74, 6) is 0.850. The lowest BCUT2D eigenvalue weighted by Crippen LogP contribution is -2.44. The van der Waals surface area contributed by atoms with Crippen molar-refractivity contribution in [3.05, 3.63) is 35.4 Å². The minimum Gasteiger partial charge on any atom is -0.392 e. The fraction of sp³-hybridized carbons (Fsp3) is 0.538. The van der Waals surface area contributed by atoms with E-state index >= 15 is 0 Å². The van der Waals surface area contributed by atoms with Crippen LogP contribution in [0.15, 0.2) is 30.3 Å². The summed E-state index contributed by atoms with van der Waals surface area (Å²) in [5.41, 5.74) is 0. The lowest BCUT2D eigenvalue weighted by molar-refractivity contribution is 0.0434. The number of hydrogen-bond acceptors (Lipinski definition) is 2. The van der Waals surface area contributed by atoms with Gasteiger partial charge in [0, 0.05) is 18.1 Å². The molecule has 1 saturated heterocycles. The van der Waals surface area contributed by atoms with Gasteiger partial charge in [0.25, 0.3) is 0 Å². The van der Waals surface area contributed by atoms with E-state index in [1.54, 1.807) is 0 Å². The Labute approximate surface area is 103 Å². The molecule has 0 bridgehead atoms. The summed E-state index contributed by atoms with van der Waals surface area (Å²) in [6.07, 6.45) is -0.0914. The van der Waals surface area contributed by atoms with Crippen LogP contribution in [0.3, 0.4) is 0 Å². The number of hydrogen-bond donors (Lipinski definition) is 2. The second-order valence-electron chi connectivity index (χ2n) is 4.40. The molecule has 2 N–H and O–H groups in total. The topological polar surface area (TPSA) is 32.3 Å². The van der Waals surface area contributed by atoms with E-state index in [9.17, 15) is 5.11 Å². The van der Waals surface area contributed by atoms with Gasteiger partial charge in [-0.15, -0.1) is 0 Å². The summed E-state index contributed by atoms with van der Waals surface area (Å²) in [7, 11) is 0. The van der Waals surface area contributed by atoms with Gasteiger partial charge in [-0.05, 0) is 24.0 Å². The molecule has 2 rings (SSSR count). The lowest BCUT2D eigenvalue weighted by atomic mass is 9.90. The Balaban J connectivity index is 0.000000165. The molecule has 1 fully saturated rings. The molecule has 1 heterocycles. The number of rotatable bonds is 0. The molecule has 2 nitrogen and oxygen atoms in total. The molecular weight excluding hydrogens is 222 g/mol. The highest BCUT2D eigenvalue weighted by molar-refractivity contribution is 6.30. The minimum absolute atomic E-state index is 0.0914. The molecule has 0 saturated carbocycles. The van der Waals surface area contributed by atoms with Gasteiger partial charge in [-0.2, -0.15) is 0 Å². The van der Waals surface area contributed by atoms with Gasteiger partial charge in [0.2, 0.25) is 0 Å². The third kappa shape index (κ3) is 4.52. The molecule has 0 radical (unpaired) electrons. The smallest absolute Gasteiger partial charge is 0.0615 e. The van der Waals surface area contributed by atoms with Crippen molar-refractivity contribution >= 4 is 11.6 Å². The molecule has 0 spiro atoms. The van der Waals surface area contributed by atoms with Crippen LogP contribution in [0, 0.1) is 11.8 Å². The van der Waals surface area contributed by atoms with E-state index in [0.717, 1.165) is 18.1 Å². The van der Waals surface area contributed by atoms with Crippen LogP contribution in [0.2, 0.25) is 5.02 Å². The first-order valence-electron chi connectivity index (χ1n) is 5.70. The summed E-state index contributed by atoms with van der Waals surface area (Å²) in [6, 6.07) is 9.44. The van der Waals surface area contributed by atoms with Gasteiger partial charge in [-0.3, -0.25) is 0 Å². The highest BCUT2D eigenvalue weighted by Gasteiger charge is 2.24. The summed E-state index contributed by atoms with van der Waals surface area (Å²) in [4.78, 5) is 0. The van der Waals surface area contributed by atoms with E-state index in [2.05, 4.69) is 19.2 Å². The normalized spacial score (nSPS) is 29.1. The predicted octanol–water partition coefficient (Wildman–Crippen LogP) is 2.56. The Morgan fingerprint density at radius 2 is 1.62 bits per heavy atom. The number of piperidine rings is 1. The first-order chi connectivity index (χ1) is 7.61. The van der Waals surface area contributed by atoms with Crippen LogP contribution in [0.25, 0.3) is 0 Å². The first-order valence-corrected chi connectivity index (χ1v) is 6.08. The minimum atomic E-state index is -0.0914. The predicted molar refractivity (Wildman–Crippen MR) is 68.7 cm³/mol. The van der Waals surface area contributed by atoms with Crippen molar-refractivity contribution in [2.45, 2.75) is 20.0 Å². The highest BCUT2D eigenvalue weighted by atomic mass is 35.5. The fourth-order valence-corrected chi connectivity index (χ4v) is 1.90. The maximum absolute atomic E-state index is 9.41. The van der Waals surface area contributed by atoms with Gasteiger partial charge >= 0.3 is 0 Å². The maximum Gasteiger partial charge on any atom is 0.0615 e. The molecule has 3 heteroatoms. The van der Waals surface area contributed by atoms with Gasteiger partial charge < -0.3 is 10.4 Å². The molecule has 1 aliphatic heterocycles. The standard InChI is InChI=1S/C7H15NO.C6H5Cl/c1-5-3-8-4-6(2)7(5)9;7-6-4-2-1-3-5-6/h5-9H,3-4H2,1-2H3;1-5H. The molecule has 0 aliphatic carbocycles. The fourth-order valence-electron chi connectivity index (χ4n) is 1.76. The third-order valence-electron chi connectivity index (χ3n) is 2.83. The van der Waals surface area contributed by atoms with Crippen molar-refractivity contribution in [1.29, 1.82) is 0 Å². The number of halogens is 1. The van der Waals surface area contributed by atoms with Crippen LogP contribution in [0.4, 0.5) is 0 Å². The van der Waals surface area contributed by atoms with E-state index in [-0.39, 0.29) is 6.10 Å².